The van der Waals surface area contributed by atoms with Gasteiger partial charge in [0.1, 0.15) is 12.4 Å². The largest absolute Gasteiger partial charge is 0.355 e. The Hall–Kier alpha value is -2.58. The average Bonchev–Trinajstić information content (AvgIpc) is 3.42. The van der Waals surface area contributed by atoms with E-state index >= 15 is 0 Å². The van der Waals surface area contributed by atoms with Gasteiger partial charge in [0.2, 0.25) is 11.8 Å². The number of fused-ring (bicyclic) bond motifs is 1. The minimum atomic E-state index is -0.258. The van der Waals surface area contributed by atoms with E-state index in [1.807, 2.05) is 11.6 Å². The Balaban J connectivity index is 2.00. The highest BCUT2D eigenvalue weighted by atomic mass is 32.2. The van der Waals surface area contributed by atoms with E-state index in [4.69, 9.17) is 5.10 Å². The lowest BCUT2D eigenvalue weighted by atomic mass is 9.87. The number of thioether (sulfide) groups is 1. The lowest BCUT2D eigenvalue weighted by Gasteiger charge is -2.24. The summed E-state index contributed by atoms with van der Waals surface area (Å²) in [6, 6.07) is 8.38. The molecule has 0 saturated heterocycles. The number of nitrogens with one attached hydrogen (secondary N) is 1. The molecule has 1 aliphatic heterocycles. The highest BCUT2D eigenvalue weighted by molar-refractivity contribution is 8.00. The number of aryl methyl sites for hydroxylation is 2. The summed E-state index contributed by atoms with van der Waals surface area (Å²) in [6.45, 7) is 13.2. The molecule has 3 aromatic rings. The summed E-state index contributed by atoms with van der Waals surface area (Å²) in [5.74, 6) is 0.773. The van der Waals surface area contributed by atoms with Crippen LogP contribution in [0.4, 0.5) is 5.82 Å². The van der Waals surface area contributed by atoms with E-state index in [-0.39, 0.29) is 29.0 Å². The number of carbonyl (C=O) groups excluding carboxylic acids is 2. The standard InChI is InChI=1S/C27H34N4O2S2/c1-7-11-28-21(32)14-30-22(33)16-35-24(19-10-12-34-15-19)23-25(27(4,5)6)29-31(26(23)30)20-9-8-17(2)13-18(20)3/h8-10,12-13,15,24H,7,11,14,16H2,1-6H3,(H,28,32)/t24-/m0/s1. The van der Waals surface area contributed by atoms with Crippen molar-refractivity contribution in [1.82, 2.24) is 15.1 Å². The third-order valence-electron chi connectivity index (χ3n) is 6.10. The van der Waals surface area contributed by atoms with Crippen molar-refractivity contribution >= 4 is 40.7 Å². The minimum absolute atomic E-state index is 0.0249. The van der Waals surface area contributed by atoms with Gasteiger partial charge in [0, 0.05) is 17.5 Å². The molecule has 1 N–H and O–H groups in total. The van der Waals surface area contributed by atoms with E-state index < -0.39 is 0 Å². The van der Waals surface area contributed by atoms with Crippen molar-refractivity contribution in [3.8, 4) is 5.69 Å². The van der Waals surface area contributed by atoms with Gasteiger partial charge in [0.25, 0.3) is 0 Å². The third kappa shape index (κ3) is 5.19. The summed E-state index contributed by atoms with van der Waals surface area (Å²) in [6.07, 6.45) is 0.843. The second-order valence-corrected chi connectivity index (χ2v) is 12.0. The van der Waals surface area contributed by atoms with Crippen LogP contribution in [0, 0.1) is 13.8 Å². The molecule has 0 spiro atoms. The quantitative estimate of drug-likeness (QED) is 0.473. The van der Waals surface area contributed by atoms with Crippen LogP contribution >= 0.6 is 23.1 Å². The lowest BCUT2D eigenvalue weighted by Crippen LogP contribution is -2.42. The number of thiophene rings is 1. The molecule has 3 heterocycles. The number of aromatic nitrogens is 2. The zero-order valence-electron chi connectivity index (χ0n) is 21.3. The van der Waals surface area contributed by atoms with E-state index in [1.165, 1.54) is 5.56 Å². The summed E-state index contributed by atoms with van der Waals surface area (Å²) in [5, 5.41) is 12.3. The molecule has 2 aromatic heterocycles. The number of anilines is 1. The van der Waals surface area contributed by atoms with E-state index in [1.54, 1.807) is 28.0 Å². The molecular formula is C27H34N4O2S2. The molecular weight excluding hydrogens is 476 g/mol. The zero-order chi connectivity index (χ0) is 25.3. The van der Waals surface area contributed by atoms with Gasteiger partial charge in [0.15, 0.2) is 0 Å². The molecule has 186 valence electrons. The first kappa shape index (κ1) is 25.5. The Morgan fingerprint density at radius 1 is 1.23 bits per heavy atom. The van der Waals surface area contributed by atoms with Crippen molar-refractivity contribution in [1.29, 1.82) is 0 Å². The highest BCUT2D eigenvalue weighted by Crippen LogP contribution is 2.48. The summed E-state index contributed by atoms with van der Waals surface area (Å²) in [7, 11) is 0. The summed E-state index contributed by atoms with van der Waals surface area (Å²) >= 11 is 3.27. The van der Waals surface area contributed by atoms with Crippen LogP contribution < -0.4 is 10.2 Å². The summed E-state index contributed by atoms with van der Waals surface area (Å²) < 4.78 is 1.90. The first-order valence-electron chi connectivity index (χ1n) is 12.0. The molecule has 1 atom stereocenters. The molecule has 1 aliphatic rings. The van der Waals surface area contributed by atoms with Crippen LogP contribution in [0.2, 0.25) is 0 Å². The number of rotatable bonds is 6. The van der Waals surface area contributed by atoms with Gasteiger partial charge in [0.05, 0.1) is 22.4 Å². The number of carbonyl (C=O) groups is 2. The predicted molar refractivity (Wildman–Crippen MR) is 146 cm³/mol. The van der Waals surface area contributed by atoms with Crippen molar-refractivity contribution in [2.75, 3.05) is 23.7 Å². The maximum atomic E-state index is 13.6. The van der Waals surface area contributed by atoms with E-state index in [0.717, 1.165) is 34.5 Å². The van der Waals surface area contributed by atoms with Gasteiger partial charge in [-0.15, -0.1) is 11.8 Å². The summed E-state index contributed by atoms with van der Waals surface area (Å²) in [4.78, 5) is 28.1. The fourth-order valence-electron chi connectivity index (χ4n) is 4.44. The minimum Gasteiger partial charge on any atom is -0.355 e. The van der Waals surface area contributed by atoms with Crippen LogP contribution in [0.3, 0.4) is 0 Å². The molecule has 35 heavy (non-hydrogen) atoms. The Labute approximate surface area is 216 Å². The second-order valence-electron chi connectivity index (χ2n) is 10.1. The Morgan fingerprint density at radius 3 is 2.63 bits per heavy atom. The molecule has 4 rings (SSSR count). The maximum absolute atomic E-state index is 13.6. The number of amides is 2. The van der Waals surface area contributed by atoms with Gasteiger partial charge in [-0.3, -0.25) is 14.5 Å². The van der Waals surface area contributed by atoms with E-state index in [0.29, 0.717) is 18.1 Å². The van der Waals surface area contributed by atoms with Gasteiger partial charge in [-0.05, 0) is 54.3 Å². The topological polar surface area (TPSA) is 67.2 Å². The van der Waals surface area contributed by atoms with Gasteiger partial charge < -0.3 is 5.32 Å². The van der Waals surface area contributed by atoms with Crippen molar-refractivity contribution < 1.29 is 9.59 Å². The molecule has 0 unspecified atom stereocenters. The molecule has 0 fully saturated rings. The van der Waals surface area contributed by atoms with Gasteiger partial charge in [-0.25, -0.2) is 4.68 Å². The van der Waals surface area contributed by atoms with Gasteiger partial charge >= 0.3 is 0 Å². The van der Waals surface area contributed by atoms with Crippen LogP contribution in [0.5, 0.6) is 0 Å². The Bertz CT molecular complexity index is 1220. The van der Waals surface area contributed by atoms with Crippen molar-refractivity contribution in [2.45, 2.75) is 58.6 Å². The monoisotopic (exact) mass is 510 g/mol. The molecule has 0 radical (unpaired) electrons. The van der Waals surface area contributed by atoms with Crippen LogP contribution in [0.15, 0.2) is 35.0 Å². The number of hydrogen-bond acceptors (Lipinski definition) is 5. The molecule has 0 bridgehead atoms. The van der Waals surface area contributed by atoms with Crippen molar-refractivity contribution in [3.63, 3.8) is 0 Å². The summed E-state index contributed by atoms with van der Waals surface area (Å²) in [5.41, 5.74) is 6.04. The van der Waals surface area contributed by atoms with Gasteiger partial charge in [-0.1, -0.05) is 45.4 Å². The molecule has 2 amide bonds. The Morgan fingerprint density at radius 2 is 2.00 bits per heavy atom. The molecule has 8 heteroatoms. The van der Waals surface area contributed by atoms with E-state index in [2.05, 4.69) is 75.0 Å². The normalized spacial score (nSPS) is 16.2. The van der Waals surface area contributed by atoms with Crippen molar-refractivity contribution in [3.05, 3.63) is 63.0 Å². The number of nitrogens with zero attached hydrogens (tertiary/aromatic N) is 3. The average molecular weight is 511 g/mol. The van der Waals surface area contributed by atoms with E-state index in [9.17, 15) is 9.59 Å². The maximum Gasteiger partial charge on any atom is 0.240 e. The molecule has 0 aliphatic carbocycles. The van der Waals surface area contributed by atoms with Crippen molar-refractivity contribution in [2.24, 2.45) is 0 Å². The van der Waals surface area contributed by atoms with Crippen LogP contribution in [-0.2, 0) is 15.0 Å². The number of benzene rings is 1. The zero-order valence-corrected chi connectivity index (χ0v) is 23.0. The van der Waals surface area contributed by atoms with Crippen LogP contribution in [0.1, 0.15) is 67.3 Å². The fraction of sp³-hybridized carbons (Fsp3) is 0.444. The Kier molecular flexibility index (Phi) is 7.43. The molecule has 6 nitrogen and oxygen atoms in total. The molecule has 0 saturated carbocycles. The smallest absolute Gasteiger partial charge is 0.240 e. The van der Waals surface area contributed by atoms with Gasteiger partial charge in [-0.2, -0.15) is 16.4 Å². The number of hydrogen-bond donors (Lipinski definition) is 1. The van der Waals surface area contributed by atoms with Crippen LogP contribution in [-0.4, -0.2) is 40.4 Å². The fourth-order valence-corrected chi connectivity index (χ4v) is 6.40. The third-order valence-corrected chi connectivity index (χ3v) is 8.06. The second kappa shape index (κ2) is 10.2. The highest BCUT2D eigenvalue weighted by Gasteiger charge is 2.40. The van der Waals surface area contributed by atoms with Crippen LogP contribution in [0.25, 0.3) is 5.69 Å². The first-order valence-corrected chi connectivity index (χ1v) is 14.0. The first-order chi connectivity index (χ1) is 16.6. The molecule has 1 aromatic carbocycles. The lowest BCUT2D eigenvalue weighted by molar-refractivity contribution is -0.122. The SMILES string of the molecule is CCCNC(=O)CN1C(=O)CS[C@@H](c2ccsc2)c2c(C(C)(C)C)nn(-c3ccc(C)cc3C)c21. The predicted octanol–water partition coefficient (Wildman–Crippen LogP) is 5.54.